The first kappa shape index (κ1) is 12.2. The average molecular weight is 276 g/mol. The molecule has 1 heterocycles. The second-order valence-corrected chi connectivity index (χ2v) is 3.89. The van der Waals surface area contributed by atoms with E-state index in [1.54, 1.807) is 13.3 Å². The summed E-state index contributed by atoms with van der Waals surface area (Å²) >= 11 is 3.34. The molecule has 0 spiro atoms. The van der Waals surface area contributed by atoms with Gasteiger partial charge in [-0.25, -0.2) is 10.8 Å². The van der Waals surface area contributed by atoms with E-state index in [0.717, 1.165) is 4.47 Å². The van der Waals surface area contributed by atoms with Crippen molar-refractivity contribution in [2.45, 2.75) is 13.0 Å². The molecule has 0 radical (unpaired) electrons. The van der Waals surface area contributed by atoms with Crippen LogP contribution in [0.4, 0.5) is 11.8 Å². The minimum Gasteiger partial charge on any atom is -0.383 e. The summed E-state index contributed by atoms with van der Waals surface area (Å²) in [4.78, 5) is 8.10. The van der Waals surface area contributed by atoms with Crippen molar-refractivity contribution in [3.05, 3.63) is 10.7 Å². The van der Waals surface area contributed by atoms with E-state index in [9.17, 15) is 0 Å². The lowest BCUT2D eigenvalue weighted by Crippen LogP contribution is -2.22. The molecule has 0 saturated carbocycles. The number of hydrazine groups is 1. The zero-order chi connectivity index (χ0) is 11.3. The number of nitrogen functional groups attached to an aromatic ring is 1. The lowest BCUT2D eigenvalue weighted by atomic mass is 10.3. The summed E-state index contributed by atoms with van der Waals surface area (Å²) in [5, 5.41) is 3.17. The zero-order valence-electron chi connectivity index (χ0n) is 8.62. The second-order valence-electron chi connectivity index (χ2n) is 3.04. The van der Waals surface area contributed by atoms with Crippen molar-refractivity contribution in [2.75, 3.05) is 24.5 Å². The van der Waals surface area contributed by atoms with E-state index in [2.05, 4.69) is 36.6 Å². The van der Waals surface area contributed by atoms with Gasteiger partial charge in [0.05, 0.1) is 11.1 Å². The lowest BCUT2D eigenvalue weighted by Gasteiger charge is -2.14. The molecular weight excluding hydrogens is 262 g/mol. The number of methoxy groups -OCH3 is 1. The van der Waals surface area contributed by atoms with Crippen LogP contribution in [0.5, 0.6) is 0 Å². The van der Waals surface area contributed by atoms with Crippen molar-refractivity contribution in [1.82, 2.24) is 9.97 Å². The quantitative estimate of drug-likeness (QED) is 0.549. The Morgan fingerprint density at radius 3 is 3.00 bits per heavy atom. The Hall–Kier alpha value is -0.920. The molecule has 0 fully saturated rings. The van der Waals surface area contributed by atoms with Crippen LogP contribution in [0.3, 0.4) is 0 Å². The summed E-state index contributed by atoms with van der Waals surface area (Å²) in [5.41, 5.74) is 2.39. The van der Waals surface area contributed by atoms with Crippen LogP contribution in [-0.4, -0.2) is 29.7 Å². The molecule has 0 aliphatic heterocycles. The third kappa shape index (κ3) is 3.61. The molecule has 6 nitrogen and oxygen atoms in total. The van der Waals surface area contributed by atoms with Crippen LogP contribution in [-0.2, 0) is 4.74 Å². The van der Waals surface area contributed by atoms with Crippen molar-refractivity contribution >= 4 is 27.7 Å². The molecule has 1 aromatic rings. The van der Waals surface area contributed by atoms with Gasteiger partial charge in [0.15, 0.2) is 0 Å². The molecule has 0 aromatic carbocycles. The van der Waals surface area contributed by atoms with Crippen LogP contribution in [0.2, 0.25) is 0 Å². The zero-order valence-corrected chi connectivity index (χ0v) is 10.2. The Morgan fingerprint density at radius 2 is 2.40 bits per heavy atom. The molecule has 4 N–H and O–H groups in total. The van der Waals surface area contributed by atoms with Crippen molar-refractivity contribution < 1.29 is 4.74 Å². The van der Waals surface area contributed by atoms with Gasteiger partial charge in [-0.1, -0.05) is 0 Å². The number of rotatable bonds is 5. The van der Waals surface area contributed by atoms with Gasteiger partial charge in [-0.3, -0.25) is 5.43 Å². The van der Waals surface area contributed by atoms with E-state index < -0.39 is 0 Å². The van der Waals surface area contributed by atoms with Crippen LogP contribution >= 0.6 is 15.9 Å². The maximum absolute atomic E-state index is 5.22. The maximum atomic E-state index is 5.22. The van der Waals surface area contributed by atoms with E-state index in [0.29, 0.717) is 18.4 Å². The molecule has 0 amide bonds. The Kier molecular flexibility index (Phi) is 4.73. The molecule has 7 heteroatoms. The Balaban J connectivity index is 2.74. The van der Waals surface area contributed by atoms with Gasteiger partial charge in [0.25, 0.3) is 0 Å². The van der Waals surface area contributed by atoms with E-state index in [4.69, 9.17) is 10.6 Å². The molecule has 1 aromatic heterocycles. The first-order chi connectivity index (χ1) is 7.17. The number of anilines is 2. The predicted molar refractivity (Wildman–Crippen MR) is 62.5 cm³/mol. The number of hydrogen-bond acceptors (Lipinski definition) is 6. The van der Waals surface area contributed by atoms with Gasteiger partial charge in [0, 0.05) is 19.3 Å². The number of nitrogens with two attached hydrogens (primary N) is 1. The van der Waals surface area contributed by atoms with Gasteiger partial charge in [-0.05, 0) is 22.9 Å². The fourth-order valence-electron chi connectivity index (χ4n) is 1.06. The van der Waals surface area contributed by atoms with Gasteiger partial charge >= 0.3 is 0 Å². The molecule has 1 atom stereocenters. The minimum atomic E-state index is 0.159. The first-order valence-corrected chi connectivity index (χ1v) is 5.21. The predicted octanol–water partition coefficient (Wildman–Crippen LogP) is 0.972. The van der Waals surface area contributed by atoms with Gasteiger partial charge in [-0.15, -0.1) is 0 Å². The molecule has 84 valence electrons. The summed E-state index contributed by atoms with van der Waals surface area (Å²) in [6.07, 6.45) is 1.63. The van der Waals surface area contributed by atoms with Crippen LogP contribution in [0.25, 0.3) is 0 Å². The van der Waals surface area contributed by atoms with E-state index in [1.165, 1.54) is 0 Å². The standard InChI is InChI=1S/C8H14BrN5O/c1-5(4-15-2)12-7-6(9)3-11-8(13-7)14-10/h3,5H,4,10H2,1-2H3,(H2,11,12,13,14). The molecule has 0 aliphatic carbocycles. The monoisotopic (exact) mass is 275 g/mol. The summed E-state index contributed by atoms with van der Waals surface area (Å²) in [7, 11) is 1.65. The van der Waals surface area contributed by atoms with Crippen molar-refractivity contribution in [3.63, 3.8) is 0 Å². The molecule has 1 rings (SSSR count). The van der Waals surface area contributed by atoms with E-state index in [-0.39, 0.29) is 6.04 Å². The smallest absolute Gasteiger partial charge is 0.239 e. The van der Waals surface area contributed by atoms with Gasteiger partial charge in [-0.2, -0.15) is 4.98 Å². The van der Waals surface area contributed by atoms with E-state index in [1.807, 2.05) is 6.92 Å². The lowest BCUT2D eigenvalue weighted by molar-refractivity contribution is 0.190. The number of ether oxygens (including phenoxy) is 1. The highest BCUT2D eigenvalue weighted by molar-refractivity contribution is 9.10. The Bertz CT molecular complexity index is 322. The van der Waals surface area contributed by atoms with Crippen molar-refractivity contribution in [3.8, 4) is 0 Å². The number of hydrogen-bond donors (Lipinski definition) is 3. The minimum absolute atomic E-state index is 0.159. The van der Waals surface area contributed by atoms with Crippen LogP contribution in [0.1, 0.15) is 6.92 Å². The summed E-state index contributed by atoms with van der Waals surface area (Å²) in [6.45, 7) is 2.59. The van der Waals surface area contributed by atoms with Gasteiger partial charge in [0.2, 0.25) is 5.95 Å². The van der Waals surface area contributed by atoms with Crippen molar-refractivity contribution in [1.29, 1.82) is 0 Å². The number of nitrogens with zero attached hydrogens (tertiary/aromatic N) is 2. The third-order valence-electron chi connectivity index (χ3n) is 1.67. The fraction of sp³-hybridized carbons (Fsp3) is 0.500. The van der Waals surface area contributed by atoms with Gasteiger partial charge in [0.1, 0.15) is 5.82 Å². The number of aromatic nitrogens is 2. The summed E-state index contributed by atoms with van der Waals surface area (Å²) in [5.74, 6) is 6.26. The summed E-state index contributed by atoms with van der Waals surface area (Å²) < 4.78 is 5.79. The number of halogens is 1. The van der Waals surface area contributed by atoms with Crippen LogP contribution in [0.15, 0.2) is 10.7 Å². The molecule has 0 bridgehead atoms. The summed E-state index contributed by atoms with van der Waals surface area (Å²) in [6, 6.07) is 0.159. The highest BCUT2D eigenvalue weighted by Crippen LogP contribution is 2.20. The molecule has 1 unspecified atom stereocenters. The molecular formula is C8H14BrN5O. The highest BCUT2D eigenvalue weighted by atomic mass is 79.9. The maximum Gasteiger partial charge on any atom is 0.239 e. The Morgan fingerprint density at radius 1 is 1.67 bits per heavy atom. The molecule has 0 aliphatic rings. The second kappa shape index (κ2) is 5.84. The third-order valence-corrected chi connectivity index (χ3v) is 2.25. The van der Waals surface area contributed by atoms with Crippen LogP contribution in [0, 0.1) is 0 Å². The van der Waals surface area contributed by atoms with Crippen LogP contribution < -0.4 is 16.6 Å². The normalized spacial score (nSPS) is 12.3. The van der Waals surface area contributed by atoms with Crippen molar-refractivity contribution in [2.24, 2.45) is 5.84 Å². The van der Waals surface area contributed by atoms with E-state index >= 15 is 0 Å². The van der Waals surface area contributed by atoms with Gasteiger partial charge < -0.3 is 10.1 Å². The highest BCUT2D eigenvalue weighted by Gasteiger charge is 2.07. The Labute approximate surface area is 96.7 Å². The SMILES string of the molecule is COCC(C)Nc1nc(NN)ncc1Br. The number of nitrogens with one attached hydrogen (secondary N) is 2. The first-order valence-electron chi connectivity index (χ1n) is 4.42. The molecule has 0 saturated heterocycles. The largest absolute Gasteiger partial charge is 0.383 e. The fourth-order valence-corrected chi connectivity index (χ4v) is 1.37. The average Bonchev–Trinajstić information content (AvgIpc) is 2.21. The topological polar surface area (TPSA) is 85.1 Å². The molecule has 15 heavy (non-hydrogen) atoms.